The van der Waals surface area contributed by atoms with Gasteiger partial charge >= 0.3 is 15.6 Å². The van der Waals surface area contributed by atoms with E-state index in [4.69, 9.17) is 43.6 Å². The predicted molar refractivity (Wildman–Crippen MR) is 46.3 cm³/mol. The van der Waals surface area contributed by atoms with Crippen LogP contribution in [0.5, 0.6) is 0 Å². The van der Waals surface area contributed by atoms with Crippen LogP contribution in [0, 0.1) is 0 Å². The van der Waals surface area contributed by atoms with E-state index in [0.29, 0.717) is 0 Å². The monoisotopic (exact) mass is 259 g/mol. The first-order valence-corrected chi connectivity index (χ1v) is 5.72. The molecule has 0 aliphatic carbocycles. The SMILES string of the molecule is CCO.N.O=P(O)(O)O.O=P(O)(O)O. The molecule has 0 aliphatic heterocycles. The van der Waals surface area contributed by atoms with Crippen molar-refractivity contribution < 1.29 is 43.6 Å². The third-order valence-corrected chi connectivity index (χ3v) is 0. The van der Waals surface area contributed by atoms with Crippen LogP contribution in [0.3, 0.4) is 0 Å². The van der Waals surface area contributed by atoms with Crippen LogP contribution in [0.4, 0.5) is 0 Å². The van der Waals surface area contributed by atoms with Crippen molar-refractivity contribution in [1.82, 2.24) is 6.15 Å². The average molecular weight is 259 g/mol. The lowest BCUT2D eigenvalue weighted by Gasteiger charge is -1.82. The van der Waals surface area contributed by atoms with Gasteiger partial charge in [-0.3, -0.25) is 0 Å². The van der Waals surface area contributed by atoms with Crippen LogP contribution in [0.25, 0.3) is 0 Å². The zero-order valence-electron chi connectivity index (χ0n) is 7.26. The van der Waals surface area contributed by atoms with E-state index in [9.17, 15) is 0 Å². The lowest BCUT2D eigenvalue weighted by Crippen LogP contribution is -1.66. The normalized spacial score (nSPS) is 9.71. The van der Waals surface area contributed by atoms with Crippen LogP contribution in [0.2, 0.25) is 0 Å². The summed E-state index contributed by atoms with van der Waals surface area (Å²) in [6.07, 6.45) is 0. The molecule has 10 N–H and O–H groups in total. The number of aliphatic hydroxyl groups excluding tert-OH is 1. The largest absolute Gasteiger partial charge is 0.466 e. The van der Waals surface area contributed by atoms with Crippen LogP contribution in [-0.2, 0) is 9.13 Å². The second-order valence-electron chi connectivity index (χ2n) is 1.34. The van der Waals surface area contributed by atoms with Crippen molar-refractivity contribution in [3.05, 3.63) is 0 Å². The maximum Gasteiger partial charge on any atom is 0.466 e. The number of hydrogen-bond acceptors (Lipinski definition) is 4. The number of phosphoric acid groups is 2. The molecule has 0 aromatic rings. The minimum atomic E-state index is -4.64. The molecular formula is C2H15NO9P2. The number of aliphatic hydroxyl groups is 1. The van der Waals surface area contributed by atoms with Gasteiger partial charge in [-0.2, -0.15) is 0 Å². The summed E-state index contributed by atoms with van der Waals surface area (Å²) < 4.78 is 17.8. The Morgan fingerprint density at radius 2 is 0.857 bits per heavy atom. The number of hydrogen-bond donors (Lipinski definition) is 8. The highest BCUT2D eigenvalue weighted by Gasteiger charge is 2.00. The van der Waals surface area contributed by atoms with Crippen molar-refractivity contribution in [3.8, 4) is 0 Å². The minimum Gasteiger partial charge on any atom is -0.397 e. The molecule has 0 amide bonds. The highest BCUT2D eigenvalue weighted by Crippen LogP contribution is 2.26. The Morgan fingerprint density at radius 1 is 0.857 bits per heavy atom. The van der Waals surface area contributed by atoms with E-state index < -0.39 is 15.6 Å². The summed E-state index contributed by atoms with van der Waals surface area (Å²) in [5.74, 6) is 0. The van der Waals surface area contributed by atoms with Crippen molar-refractivity contribution >= 4 is 15.6 Å². The van der Waals surface area contributed by atoms with Crippen LogP contribution < -0.4 is 6.15 Å². The Labute approximate surface area is 79.9 Å². The van der Waals surface area contributed by atoms with Gasteiger partial charge in [0.1, 0.15) is 0 Å². The Bertz CT molecular complexity index is 145. The maximum absolute atomic E-state index is 8.88. The van der Waals surface area contributed by atoms with Gasteiger partial charge in [0.05, 0.1) is 0 Å². The fraction of sp³-hybridized carbons (Fsp3) is 1.00. The zero-order valence-corrected chi connectivity index (χ0v) is 9.04. The van der Waals surface area contributed by atoms with E-state index >= 15 is 0 Å². The third kappa shape index (κ3) is 76900. The Hall–Kier alpha value is 0.140. The van der Waals surface area contributed by atoms with Crippen LogP contribution in [0.15, 0.2) is 0 Å². The molecule has 0 saturated heterocycles. The molecule has 0 saturated carbocycles. The van der Waals surface area contributed by atoms with Gasteiger partial charge in [0, 0.05) is 6.61 Å². The predicted octanol–water partition coefficient (Wildman–Crippen LogP) is -1.70. The van der Waals surface area contributed by atoms with Crippen molar-refractivity contribution in [2.24, 2.45) is 0 Å². The van der Waals surface area contributed by atoms with Crippen LogP contribution in [-0.4, -0.2) is 41.1 Å². The highest BCUT2D eigenvalue weighted by atomic mass is 31.2. The summed E-state index contributed by atoms with van der Waals surface area (Å²) in [5, 5.41) is 7.57. The Kier molecular flexibility index (Phi) is 19.0. The summed E-state index contributed by atoms with van der Waals surface area (Å²) in [6.45, 7) is 1.93. The summed E-state index contributed by atoms with van der Waals surface area (Å²) in [5.41, 5.74) is 0. The lowest BCUT2D eigenvalue weighted by atomic mass is 10.9. The fourth-order valence-corrected chi connectivity index (χ4v) is 0. The molecule has 0 radical (unpaired) electrons. The summed E-state index contributed by atoms with van der Waals surface area (Å²) in [7, 11) is -9.28. The van der Waals surface area contributed by atoms with Crippen molar-refractivity contribution in [2.45, 2.75) is 6.92 Å². The summed E-state index contributed by atoms with van der Waals surface area (Å²) in [6, 6.07) is 0. The second kappa shape index (κ2) is 11.2. The molecule has 0 aromatic carbocycles. The summed E-state index contributed by atoms with van der Waals surface area (Å²) in [4.78, 5) is 43.1. The minimum absolute atomic E-state index is 0. The first kappa shape index (κ1) is 23.7. The Balaban J connectivity index is -0.0000000535. The quantitative estimate of drug-likeness (QED) is 0.231. The molecule has 0 spiro atoms. The van der Waals surface area contributed by atoms with Crippen molar-refractivity contribution in [1.29, 1.82) is 0 Å². The van der Waals surface area contributed by atoms with E-state index in [1.807, 2.05) is 0 Å². The molecule has 0 atom stereocenters. The van der Waals surface area contributed by atoms with E-state index in [0.717, 1.165) is 0 Å². The van der Waals surface area contributed by atoms with Gasteiger partial charge in [0.15, 0.2) is 0 Å². The molecule has 0 aliphatic rings. The molecule has 0 rings (SSSR count). The fourth-order valence-electron chi connectivity index (χ4n) is 0. The maximum atomic E-state index is 8.88. The van der Waals surface area contributed by atoms with Gasteiger partial charge in [-0.15, -0.1) is 0 Å². The van der Waals surface area contributed by atoms with Gasteiger partial charge in [-0.1, -0.05) is 0 Å². The lowest BCUT2D eigenvalue weighted by molar-refractivity contribution is 0.272. The first-order valence-electron chi connectivity index (χ1n) is 2.59. The van der Waals surface area contributed by atoms with Gasteiger partial charge in [0.25, 0.3) is 0 Å². The standard InChI is InChI=1S/C2H6O.H3N.2H3O4P/c1-2-3;;2*1-5(2,3)4/h3H,2H2,1H3;1H3;2*(H3,1,2,3,4). The molecule has 0 unspecified atom stereocenters. The molecule has 12 heteroatoms. The second-order valence-corrected chi connectivity index (χ2v) is 3.40. The Morgan fingerprint density at radius 3 is 0.857 bits per heavy atom. The molecule has 92 valence electrons. The topological polar surface area (TPSA) is 211 Å². The highest BCUT2D eigenvalue weighted by molar-refractivity contribution is 7.45. The molecule has 0 aromatic heterocycles. The molecule has 0 heterocycles. The zero-order chi connectivity index (χ0) is 11.7. The molecule has 10 nitrogen and oxygen atoms in total. The van der Waals surface area contributed by atoms with Gasteiger partial charge in [-0.25, -0.2) is 9.13 Å². The summed E-state index contributed by atoms with van der Waals surface area (Å²) >= 11 is 0. The molecule has 0 fully saturated rings. The molecule has 0 bridgehead atoms. The van der Waals surface area contributed by atoms with Gasteiger partial charge < -0.3 is 40.6 Å². The average Bonchev–Trinajstić information content (AvgIpc) is 1.52. The van der Waals surface area contributed by atoms with Crippen molar-refractivity contribution in [2.75, 3.05) is 6.61 Å². The third-order valence-electron chi connectivity index (χ3n) is 0. The van der Waals surface area contributed by atoms with E-state index in [2.05, 4.69) is 0 Å². The van der Waals surface area contributed by atoms with E-state index in [1.165, 1.54) is 0 Å². The molecule has 14 heavy (non-hydrogen) atoms. The van der Waals surface area contributed by atoms with E-state index in [-0.39, 0.29) is 12.8 Å². The smallest absolute Gasteiger partial charge is 0.397 e. The first-order chi connectivity index (χ1) is 5.41. The van der Waals surface area contributed by atoms with Crippen LogP contribution in [0.1, 0.15) is 6.92 Å². The van der Waals surface area contributed by atoms with E-state index in [1.54, 1.807) is 6.92 Å². The van der Waals surface area contributed by atoms with Gasteiger partial charge in [0.2, 0.25) is 0 Å². The van der Waals surface area contributed by atoms with Gasteiger partial charge in [-0.05, 0) is 6.92 Å². The number of rotatable bonds is 0. The molecular weight excluding hydrogens is 244 g/mol. The van der Waals surface area contributed by atoms with Crippen molar-refractivity contribution in [3.63, 3.8) is 0 Å². The van der Waals surface area contributed by atoms with Crippen LogP contribution >= 0.6 is 15.6 Å².